The monoisotopic (exact) mass is 549 g/mol. The molecule has 1 aliphatic heterocycles. The Morgan fingerprint density at radius 1 is 0.850 bits per heavy atom. The predicted octanol–water partition coefficient (Wildman–Crippen LogP) is 4.64. The molecule has 1 fully saturated rings. The Bertz CT molecular complexity index is 1360. The molecule has 1 unspecified atom stereocenters. The Hall–Kier alpha value is -4.14. The van der Waals surface area contributed by atoms with Gasteiger partial charge >= 0.3 is 11.9 Å². The molecule has 2 aromatic carbocycles. The zero-order valence-corrected chi connectivity index (χ0v) is 23.7. The Morgan fingerprint density at radius 3 is 2.15 bits per heavy atom. The lowest BCUT2D eigenvalue weighted by Gasteiger charge is -2.41. The van der Waals surface area contributed by atoms with E-state index < -0.39 is 35.6 Å². The van der Waals surface area contributed by atoms with E-state index >= 15 is 0 Å². The van der Waals surface area contributed by atoms with Crippen molar-refractivity contribution in [3.8, 4) is 17.2 Å². The van der Waals surface area contributed by atoms with Crippen molar-refractivity contribution in [1.82, 2.24) is 0 Å². The highest BCUT2D eigenvalue weighted by Gasteiger charge is 2.54. The average molecular weight is 550 g/mol. The second-order valence-corrected chi connectivity index (χ2v) is 9.55. The highest BCUT2D eigenvalue weighted by Crippen LogP contribution is 2.52. The number of ether oxygens (including phenoxy) is 5. The molecule has 212 valence electrons. The van der Waals surface area contributed by atoms with Crippen LogP contribution < -0.4 is 14.2 Å². The SMILES string of the molecule is CCOC(=O)C1=C(C)N=C2C[C@H](c3ccccc3OC)[C@@H](C(=O)OCC)C(=O)C2[C@@H]1c1cccc(OC)c1OC. The third-order valence-electron chi connectivity index (χ3n) is 7.49. The van der Waals surface area contributed by atoms with Gasteiger partial charge in [0.1, 0.15) is 11.7 Å². The molecular weight excluding hydrogens is 514 g/mol. The number of esters is 2. The van der Waals surface area contributed by atoms with Crippen molar-refractivity contribution in [3.63, 3.8) is 0 Å². The maximum absolute atomic E-state index is 14.6. The van der Waals surface area contributed by atoms with Gasteiger partial charge in [0, 0.05) is 28.8 Å². The van der Waals surface area contributed by atoms with Crippen LogP contribution in [0.2, 0.25) is 0 Å². The summed E-state index contributed by atoms with van der Waals surface area (Å²) >= 11 is 0. The summed E-state index contributed by atoms with van der Waals surface area (Å²) < 4.78 is 27.7. The highest BCUT2D eigenvalue weighted by atomic mass is 16.5. The molecule has 1 saturated carbocycles. The number of aliphatic imine (C=N–C) groups is 1. The van der Waals surface area contributed by atoms with Crippen LogP contribution in [0, 0.1) is 11.8 Å². The topological polar surface area (TPSA) is 110 Å². The van der Waals surface area contributed by atoms with E-state index in [1.807, 2.05) is 18.2 Å². The minimum atomic E-state index is -1.14. The molecule has 2 aromatic rings. The van der Waals surface area contributed by atoms with Gasteiger partial charge in [0.15, 0.2) is 17.3 Å². The third-order valence-corrected chi connectivity index (χ3v) is 7.49. The van der Waals surface area contributed by atoms with Crippen LogP contribution >= 0.6 is 0 Å². The molecule has 1 heterocycles. The third kappa shape index (κ3) is 5.08. The molecule has 4 rings (SSSR count). The fourth-order valence-corrected chi connectivity index (χ4v) is 5.92. The van der Waals surface area contributed by atoms with Gasteiger partial charge in [-0.1, -0.05) is 30.3 Å². The number of carbonyl (C=O) groups excluding carboxylic acids is 3. The zero-order valence-electron chi connectivity index (χ0n) is 23.7. The van der Waals surface area contributed by atoms with Crippen LogP contribution in [0.5, 0.6) is 17.2 Å². The van der Waals surface area contributed by atoms with E-state index in [-0.39, 0.29) is 31.0 Å². The summed E-state index contributed by atoms with van der Waals surface area (Å²) in [7, 11) is 4.57. The molecule has 1 aliphatic carbocycles. The molecule has 0 aromatic heterocycles. The summed E-state index contributed by atoms with van der Waals surface area (Å²) in [6, 6.07) is 12.6. The number of hydrogen-bond acceptors (Lipinski definition) is 9. The molecule has 0 saturated heterocycles. The Balaban J connectivity index is 1.97. The summed E-state index contributed by atoms with van der Waals surface area (Å²) in [5, 5.41) is 0. The Morgan fingerprint density at radius 2 is 1.50 bits per heavy atom. The van der Waals surface area contributed by atoms with Crippen molar-refractivity contribution in [2.24, 2.45) is 16.8 Å². The predicted molar refractivity (Wildman–Crippen MR) is 148 cm³/mol. The van der Waals surface area contributed by atoms with E-state index in [2.05, 4.69) is 0 Å². The van der Waals surface area contributed by atoms with Gasteiger partial charge < -0.3 is 23.7 Å². The van der Waals surface area contributed by atoms with Crippen molar-refractivity contribution in [1.29, 1.82) is 0 Å². The number of nitrogens with zero attached hydrogens (tertiary/aromatic N) is 1. The fourth-order valence-electron chi connectivity index (χ4n) is 5.92. The molecule has 9 heteroatoms. The normalized spacial score (nSPS) is 22.1. The standard InChI is InChI=1S/C31H35NO8/c1-7-39-30(34)24-17(3)32-21-16-20(18-12-9-10-14-22(18)36-4)26(31(35)40-8-2)28(33)27(21)25(24)19-13-11-15-23(37-5)29(19)38-6/h9-15,20,25-27H,7-8,16H2,1-6H3/t20-,25-,26-,27?/m1/s1. The number of methoxy groups -OCH3 is 3. The van der Waals surface area contributed by atoms with Crippen molar-refractivity contribution < 1.29 is 38.1 Å². The van der Waals surface area contributed by atoms with Crippen molar-refractivity contribution >= 4 is 23.4 Å². The lowest BCUT2D eigenvalue weighted by molar-refractivity contribution is -0.153. The minimum absolute atomic E-state index is 0.118. The summed E-state index contributed by atoms with van der Waals surface area (Å²) in [5.41, 5.74) is 2.54. The molecular formula is C31H35NO8. The Kier molecular flexibility index (Phi) is 8.92. The van der Waals surface area contributed by atoms with Gasteiger partial charge in [0.2, 0.25) is 0 Å². The van der Waals surface area contributed by atoms with Gasteiger partial charge in [0.05, 0.1) is 46.0 Å². The molecule has 0 amide bonds. The molecule has 0 bridgehead atoms. The lowest BCUT2D eigenvalue weighted by atomic mass is 9.62. The number of carbonyl (C=O) groups is 3. The summed E-state index contributed by atoms with van der Waals surface area (Å²) in [6.45, 7) is 5.41. The number of allylic oxidation sites excluding steroid dienone is 1. The fraction of sp³-hybridized carbons (Fsp3) is 0.419. The molecule has 0 radical (unpaired) electrons. The average Bonchev–Trinajstić information content (AvgIpc) is 2.95. The van der Waals surface area contributed by atoms with E-state index in [0.29, 0.717) is 39.8 Å². The number of benzene rings is 2. The first kappa shape index (κ1) is 28.9. The molecule has 2 aliphatic rings. The van der Waals surface area contributed by atoms with Crippen LogP contribution in [0.4, 0.5) is 0 Å². The quantitative estimate of drug-likeness (QED) is 0.329. The number of para-hydroxylation sites is 2. The maximum Gasteiger partial charge on any atom is 0.336 e. The second kappa shape index (κ2) is 12.4. The van der Waals surface area contributed by atoms with E-state index in [4.69, 9.17) is 28.7 Å². The van der Waals surface area contributed by atoms with Crippen molar-refractivity contribution in [3.05, 3.63) is 64.9 Å². The maximum atomic E-state index is 14.6. The van der Waals surface area contributed by atoms with E-state index in [9.17, 15) is 14.4 Å². The van der Waals surface area contributed by atoms with Crippen LogP contribution in [0.3, 0.4) is 0 Å². The van der Waals surface area contributed by atoms with Crippen LogP contribution in [0.25, 0.3) is 0 Å². The largest absolute Gasteiger partial charge is 0.496 e. The first-order valence-electron chi connectivity index (χ1n) is 13.3. The lowest BCUT2D eigenvalue weighted by Crippen LogP contribution is -2.49. The first-order chi connectivity index (χ1) is 19.3. The Labute approximate surface area is 234 Å². The van der Waals surface area contributed by atoms with E-state index in [1.54, 1.807) is 52.1 Å². The van der Waals surface area contributed by atoms with Gasteiger partial charge in [0.25, 0.3) is 0 Å². The summed E-state index contributed by atoms with van der Waals surface area (Å²) in [4.78, 5) is 46.2. The molecule has 9 nitrogen and oxygen atoms in total. The molecule has 4 atom stereocenters. The van der Waals surface area contributed by atoms with Crippen molar-refractivity contribution in [2.45, 2.75) is 39.0 Å². The summed E-state index contributed by atoms with van der Waals surface area (Å²) in [5.74, 6) is -3.64. The number of hydrogen-bond donors (Lipinski definition) is 0. The highest BCUT2D eigenvalue weighted by molar-refractivity contribution is 6.18. The van der Waals surface area contributed by atoms with Gasteiger partial charge in [-0.05, 0) is 44.9 Å². The minimum Gasteiger partial charge on any atom is -0.496 e. The van der Waals surface area contributed by atoms with E-state index in [1.165, 1.54) is 14.2 Å². The first-order valence-corrected chi connectivity index (χ1v) is 13.3. The molecule has 0 N–H and O–H groups in total. The van der Waals surface area contributed by atoms with Crippen molar-refractivity contribution in [2.75, 3.05) is 34.5 Å². The number of ketones is 1. The van der Waals surface area contributed by atoms with Gasteiger partial charge in [-0.3, -0.25) is 14.6 Å². The van der Waals surface area contributed by atoms with Gasteiger partial charge in [-0.2, -0.15) is 0 Å². The smallest absolute Gasteiger partial charge is 0.336 e. The number of Topliss-reactive ketones (excluding diaryl/α,β-unsaturated/α-hetero) is 1. The zero-order chi connectivity index (χ0) is 29.0. The van der Waals surface area contributed by atoms with E-state index in [0.717, 1.165) is 0 Å². The molecule has 0 spiro atoms. The summed E-state index contributed by atoms with van der Waals surface area (Å²) in [6.07, 6.45) is 0.288. The van der Waals surface area contributed by atoms with Crippen LogP contribution in [-0.4, -0.2) is 58.0 Å². The van der Waals surface area contributed by atoms with Crippen LogP contribution in [0.1, 0.15) is 50.2 Å². The van der Waals surface area contributed by atoms with Gasteiger partial charge in [-0.15, -0.1) is 0 Å². The number of fused-ring (bicyclic) bond motifs is 1. The van der Waals surface area contributed by atoms with Gasteiger partial charge in [-0.25, -0.2) is 4.79 Å². The number of rotatable bonds is 9. The van der Waals surface area contributed by atoms with Crippen LogP contribution in [-0.2, 0) is 23.9 Å². The second-order valence-electron chi connectivity index (χ2n) is 9.55. The van der Waals surface area contributed by atoms with Crippen LogP contribution in [0.15, 0.2) is 58.7 Å². The molecule has 40 heavy (non-hydrogen) atoms.